The molecule has 1 unspecified atom stereocenters. The molecule has 0 amide bonds. The first kappa shape index (κ1) is 15.6. The summed E-state index contributed by atoms with van der Waals surface area (Å²) in [4.78, 5) is 11.6. The number of hydrogen-bond acceptors (Lipinski definition) is 5. The molecule has 0 bridgehead atoms. The lowest BCUT2D eigenvalue weighted by Crippen LogP contribution is -2.41. The van der Waals surface area contributed by atoms with Crippen LogP contribution in [-0.4, -0.2) is 40.5 Å². The molecule has 0 aliphatic carbocycles. The number of aromatic nitrogens is 2. The minimum atomic E-state index is 0.498. The molecule has 0 radical (unpaired) electrons. The molecular weight excluding hydrogens is 292 g/mol. The highest BCUT2D eigenvalue weighted by Gasteiger charge is 2.13. The number of likely N-dealkylation sites (tertiary alicyclic amines) is 1. The minimum absolute atomic E-state index is 0.498. The van der Waals surface area contributed by atoms with E-state index >= 15 is 0 Å². The second-order valence-corrected chi connectivity index (χ2v) is 6.86. The monoisotopic (exact) mass is 316 g/mol. The zero-order valence-electron chi connectivity index (χ0n) is 13.2. The van der Waals surface area contributed by atoms with Crippen LogP contribution in [0, 0.1) is 0 Å². The summed E-state index contributed by atoms with van der Waals surface area (Å²) < 4.78 is 0. The minimum Gasteiger partial charge on any atom is -0.307 e. The van der Waals surface area contributed by atoms with E-state index in [1.807, 2.05) is 24.4 Å². The molecular formula is C17H24N4S. The smallest absolute Gasteiger partial charge is 0.142 e. The summed E-state index contributed by atoms with van der Waals surface area (Å²) in [6.45, 7) is 6.75. The molecule has 1 aliphatic rings. The van der Waals surface area contributed by atoms with Crippen molar-refractivity contribution in [2.24, 2.45) is 0 Å². The van der Waals surface area contributed by atoms with Gasteiger partial charge in [0.2, 0.25) is 0 Å². The van der Waals surface area contributed by atoms with E-state index in [2.05, 4.69) is 32.5 Å². The summed E-state index contributed by atoms with van der Waals surface area (Å²) in [6.07, 6.45) is 5.92. The summed E-state index contributed by atoms with van der Waals surface area (Å²) in [5, 5.41) is 6.72. The van der Waals surface area contributed by atoms with E-state index in [1.165, 1.54) is 32.4 Å². The fourth-order valence-corrected chi connectivity index (χ4v) is 3.66. The zero-order valence-corrected chi connectivity index (χ0v) is 14.0. The molecule has 1 saturated heterocycles. The van der Waals surface area contributed by atoms with Crippen molar-refractivity contribution in [1.29, 1.82) is 0 Å². The van der Waals surface area contributed by atoms with Crippen LogP contribution < -0.4 is 5.32 Å². The Bertz CT molecular complexity index is 563. The molecule has 1 atom stereocenters. The van der Waals surface area contributed by atoms with E-state index in [4.69, 9.17) is 0 Å². The number of nitrogens with zero attached hydrogens (tertiary/aromatic N) is 3. The maximum absolute atomic E-state index is 4.68. The van der Waals surface area contributed by atoms with E-state index in [0.717, 1.165) is 29.5 Å². The number of nitrogens with one attached hydrogen (secondary N) is 1. The van der Waals surface area contributed by atoms with Crippen molar-refractivity contribution < 1.29 is 0 Å². The lowest BCUT2D eigenvalue weighted by molar-refractivity contribution is 0.208. The van der Waals surface area contributed by atoms with Gasteiger partial charge in [-0.2, -0.15) is 0 Å². The van der Waals surface area contributed by atoms with Crippen LogP contribution in [0.25, 0.3) is 10.7 Å². The van der Waals surface area contributed by atoms with Gasteiger partial charge in [0.15, 0.2) is 0 Å². The van der Waals surface area contributed by atoms with Gasteiger partial charge in [-0.25, -0.2) is 4.98 Å². The lowest BCUT2D eigenvalue weighted by Gasteiger charge is -2.29. The Labute approximate surface area is 136 Å². The van der Waals surface area contributed by atoms with Crippen LogP contribution in [0.2, 0.25) is 0 Å². The standard InChI is InChI=1S/C17H24N4S/c1-14(12-21-9-5-2-6-10-21)19-11-15-13-22-17(20-15)16-7-3-4-8-18-16/h3-4,7-8,13-14,19H,2,5-6,9-12H2,1H3. The molecule has 3 rings (SSSR count). The first-order chi connectivity index (χ1) is 10.8. The average Bonchev–Trinajstić information content (AvgIpc) is 3.04. The highest BCUT2D eigenvalue weighted by Crippen LogP contribution is 2.21. The molecule has 118 valence electrons. The normalized spacial score (nSPS) is 17.5. The fourth-order valence-electron chi connectivity index (χ4n) is 2.87. The van der Waals surface area contributed by atoms with E-state index in [1.54, 1.807) is 11.3 Å². The van der Waals surface area contributed by atoms with Gasteiger partial charge in [-0.3, -0.25) is 4.98 Å². The van der Waals surface area contributed by atoms with Crippen LogP contribution in [0.4, 0.5) is 0 Å². The Balaban J connectivity index is 1.48. The summed E-state index contributed by atoms with van der Waals surface area (Å²) in [5.41, 5.74) is 2.07. The van der Waals surface area contributed by atoms with Crippen molar-refractivity contribution in [3.63, 3.8) is 0 Å². The third-order valence-electron chi connectivity index (χ3n) is 4.05. The van der Waals surface area contributed by atoms with Crippen molar-refractivity contribution >= 4 is 11.3 Å². The zero-order chi connectivity index (χ0) is 15.2. The van der Waals surface area contributed by atoms with Crippen LogP contribution in [0.15, 0.2) is 29.8 Å². The topological polar surface area (TPSA) is 41.0 Å². The van der Waals surface area contributed by atoms with Crippen LogP contribution in [0.5, 0.6) is 0 Å². The first-order valence-corrected chi connectivity index (χ1v) is 9.01. The third-order valence-corrected chi connectivity index (χ3v) is 4.96. The van der Waals surface area contributed by atoms with Gasteiger partial charge in [0, 0.05) is 30.7 Å². The predicted molar refractivity (Wildman–Crippen MR) is 91.9 cm³/mol. The summed E-state index contributed by atoms with van der Waals surface area (Å²) in [6, 6.07) is 6.44. The van der Waals surface area contributed by atoms with Gasteiger partial charge in [0.05, 0.1) is 11.4 Å². The summed E-state index contributed by atoms with van der Waals surface area (Å²) >= 11 is 1.67. The molecule has 0 spiro atoms. The number of rotatable bonds is 6. The van der Waals surface area contributed by atoms with Crippen molar-refractivity contribution in [3.05, 3.63) is 35.5 Å². The third kappa shape index (κ3) is 4.35. The molecule has 22 heavy (non-hydrogen) atoms. The second kappa shape index (κ2) is 7.81. The molecule has 1 aliphatic heterocycles. The van der Waals surface area contributed by atoms with E-state index in [0.29, 0.717) is 6.04 Å². The van der Waals surface area contributed by atoms with E-state index < -0.39 is 0 Å². The first-order valence-electron chi connectivity index (χ1n) is 8.13. The van der Waals surface area contributed by atoms with Gasteiger partial charge in [0.1, 0.15) is 5.01 Å². The van der Waals surface area contributed by atoms with E-state index in [9.17, 15) is 0 Å². The largest absolute Gasteiger partial charge is 0.307 e. The van der Waals surface area contributed by atoms with Gasteiger partial charge in [-0.15, -0.1) is 11.3 Å². The average molecular weight is 316 g/mol. The van der Waals surface area contributed by atoms with Crippen molar-refractivity contribution in [2.75, 3.05) is 19.6 Å². The van der Waals surface area contributed by atoms with Gasteiger partial charge in [-0.05, 0) is 45.0 Å². The fraction of sp³-hybridized carbons (Fsp3) is 0.529. The Kier molecular flexibility index (Phi) is 5.53. The quantitative estimate of drug-likeness (QED) is 0.889. The van der Waals surface area contributed by atoms with Crippen LogP contribution in [0.3, 0.4) is 0 Å². The molecule has 2 aromatic heterocycles. The highest BCUT2D eigenvalue weighted by atomic mass is 32.1. The SMILES string of the molecule is CC(CN1CCCCC1)NCc1csc(-c2ccccn2)n1. The van der Waals surface area contributed by atoms with Crippen molar-refractivity contribution in [2.45, 2.75) is 38.8 Å². The lowest BCUT2D eigenvalue weighted by atomic mass is 10.1. The maximum Gasteiger partial charge on any atom is 0.142 e. The molecule has 0 aromatic carbocycles. The molecule has 3 heterocycles. The van der Waals surface area contributed by atoms with Crippen molar-refractivity contribution in [1.82, 2.24) is 20.2 Å². The predicted octanol–water partition coefficient (Wildman–Crippen LogP) is 3.17. The molecule has 5 heteroatoms. The number of piperidine rings is 1. The Morgan fingerprint density at radius 2 is 2.14 bits per heavy atom. The highest BCUT2D eigenvalue weighted by molar-refractivity contribution is 7.13. The van der Waals surface area contributed by atoms with Crippen LogP contribution >= 0.6 is 11.3 Å². The number of hydrogen-bond donors (Lipinski definition) is 1. The molecule has 0 saturated carbocycles. The maximum atomic E-state index is 4.68. The number of thiazole rings is 1. The summed E-state index contributed by atoms with van der Waals surface area (Å²) in [5.74, 6) is 0. The molecule has 1 N–H and O–H groups in total. The number of pyridine rings is 1. The van der Waals surface area contributed by atoms with Gasteiger partial charge < -0.3 is 10.2 Å². The molecule has 2 aromatic rings. The van der Waals surface area contributed by atoms with E-state index in [-0.39, 0.29) is 0 Å². The molecule has 4 nitrogen and oxygen atoms in total. The summed E-state index contributed by atoms with van der Waals surface area (Å²) in [7, 11) is 0. The van der Waals surface area contributed by atoms with Crippen LogP contribution in [-0.2, 0) is 6.54 Å². The molecule has 1 fully saturated rings. The van der Waals surface area contributed by atoms with Crippen molar-refractivity contribution in [3.8, 4) is 10.7 Å². The second-order valence-electron chi connectivity index (χ2n) is 6.00. The Morgan fingerprint density at radius 3 is 2.91 bits per heavy atom. The van der Waals surface area contributed by atoms with Gasteiger partial charge in [0.25, 0.3) is 0 Å². The van der Waals surface area contributed by atoms with Gasteiger partial charge in [-0.1, -0.05) is 12.5 Å². The van der Waals surface area contributed by atoms with Crippen LogP contribution in [0.1, 0.15) is 31.9 Å². The Hall–Kier alpha value is -1.30. The van der Waals surface area contributed by atoms with Gasteiger partial charge >= 0.3 is 0 Å². The Morgan fingerprint density at radius 1 is 1.27 bits per heavy atom.